The fourth-order valence-electron chi connectivity index (χ4n) is 3.27. The van der Waals surface area contributed by atoms with Gasteiger partial charge in [-0.15, -0.1) is 0 Å². The van der Waals surface area contributed by atoms with Gasteiger partial charge in [-0.2, -0.15) is 8.78 Å². The summed E-state index contributed by atoms with van der Waals surface area (Å²) in [7, 11) is 0. The second-order valence-electron chi connectivity index (χ2n) is 6.76. The van der Waals surface area contributed by atoms with Crippen LogP contribution in [0.1, 0.15) is 48.4 Å². The van der Waals surface area contributed by atoms with Gasteiger partial charge in [0.15, 0.2) is 0 Å². The van der Waals surface area contributed by atoms with Crippen molar-refractivity contribution in [3.63, 3.8) is 0 Å². The van der Waals surface area contributed by atoms with Crippen LogP contribution in [0.2, 0.25) is 0 Å². The van der Waals surface area contributed by atoms with Crippen LogP contribution in [0, 0.1) is 18.8 Å². The van der Waals surface area contributed by atoms with Gasteiger partial charge >= 0.3 is 6.55 Å². The number of carbonyl (C=O) groups excluding carboxylic acids is 2. The predicted octanol–water partition coefficient (Wildman–Crippen LogP) is 2.57. The number of halogens is 2. The van der Waals surface area contributed by atoms with Gasteiger partial charge in [-0.3, -0.25) is 14.2 Å². The van der Waals surface area contributed by atoms with Gasteiger partial charge in [0.1, 0.15) is 5.69 Å². The molecule has 7 heteroatoms. The number of likely N-dealkylation sites (tertiary alicyclic amines) is 1. The van der Waals surface area contributed by atoms with Gasteiger partial charge in [-0.25, -0.2) is 0 Å². The highest BCUT2D eigenvalue weighted by Crippen LogP contribution is 2.32. The molecule has 2 fully saturated rings. The predicted molar refractivity (Wildman–Crippen MR) is 84.8 cm³/mol. The molecule has 3 rings (SSSR count). The van der Waals surface area contributed by atoms with Gasteiger partial charge in [0, 0.05) is 31.2 Å². The number of hydrogen-bond donors (Lipinski definition) is 1. The van der Waals surface area contributed by atoms with Gasteiger partial charge in [0.05, 0.1) is 0 Å². The number of aromatic nitrogens is 1. The molecule has 0 spiro atoms. The first kappa shape index (κ1) is 16.9. The molecule has 5 nitrogen and oxygen atoms in total. The summed E-state index contributed by atoms with van der Waals surface area (Å²) in [6, 6.07) is 2.94. The number of rotatable bonds is 5. The Hall–Kier alpha value is -1.92. The molecule has 1 aliphatic heterocycles. The van der Waals surface area contributed by atoms with Crippen molar-refractivity contribution in [2.75, 3.05) is 19.6 Å². The summed E-state index contributed by atoms with van der Waals surface area (Å²) in [5.74, 6) is 0.322. The summed E-state index contributed by atoms with van der Waals surface area (Å²) in [5.41, 5.74) is 0.353. The first-order chi connectivity index (χ1) is 11.5. The maximum absolute atomic E-state index is 13.0. The van der Waals surface area contributed by atoms with E-state index in [0.717, 1.165) is 43.3 Å². The van der Waals surface area contributed by atoms with Gasteiger partial charge in [-0.05, 0) is 50.7 Å². The SMILES string of the molecule is Cc1ccc(C(=O)NCC2CCN(C(=O)C3CC3)CC2)n1C(F)F. The van der Waals surface area contributed by atoms with E-state index in [4.69, 9.17) is 0 Å². The zero-order valence-electron chi connectivity index (χ0n) is 13.8. The van der Waals surface area contributed by atoms with E-state index in [1.54, 1.807) is 6.92 Å². The normalized spacial score (nSPS) is 18.9. The smallest absolute Gasteiger partial charge is 0.319 e. The summed E-state index contributed by atoms with van der Waals surface area (Å²) < 4.78 is 26.8. The lowest BCUT2D eigenvalue weighted by atomic mass is 9.96. The topological polar surface area (TPSA) is 54.3 Å². The molecule has 0 radical (unpaired) electrons. The van der Waals surface area contributed by atoms with Crippen molar-refractivity contribution in [3.05, 3.63) is 23.5 Å². The Morgan fingerprint density at radius 1 is 1.21 bits per heavy atom. The summed E-state index contributed by atoms with van der Waals surface area (Å²) in [5, 5.41) is 2.76. The molecule has 2 aliphatic rings. The van der Waals surface area contributed by atoms with E-state index in [1.807, 2.05) is 4.90 Å². The third-order valence-electron chi connectivity index (χ3n) is 4.95. The molecule has 0 atom stereocenters. The van der Waals surface area contributed by atoms with Crippen LogP contribution in [0.3, 0.4) is 0 Å². The molecular weight excluding hydrogens is 316 g/mol. The third-order valence-corrected chi connectivity index (χ3v) is 4.95. The number of hydrogen-bond acceptors (Lipinski definition) is 2. The van der Waals surface area contributed by atoms with Crippen molar-refractivity contribution in [1.29, 1.82) is 0 Å². The van der Waals surface area contributed by atoms with Crippen molar-refractivity contribution in [2.24, 2.45) is 11.8 Å². The largest absolute Gasteiger partial charge is 0.350 e. The van der Waals surface area contributed by atoms with E-state index >= 15 is 0 Å². The average Bonchev–Trinajstić information content (AvgIpc) is 3.34. The molecular formula is C17H23F2N3O2. The number of amides is 2. The first-order valence-electron chi connectivity index (χ1n) is 8.50. The second kappa shape index (κ2) is 6.91. The van der Waals surface area contributed by atoms with E-state index < -0.39 is 12.5 Å². The van der Waals surface area contributed by atoms with Crippen LogP contribution in [-0.4, -0.2) is 40.9 Å². The number of carbonyl (C=O) groups is 2. The standard InChI is InChI=1S/C17H23F2N3O2/c1-11-2-5-14(22(11)17(18)19)15(23)20-10-12-6-8-21(9-7-12)16(24)13-3-4-13/h2,5,12-13,17H,3-4,6-10H2,1H3,(H,20,23). The number of nitrogens with one attached hydrogen (secondary N) is 1. The Balaban J connectivity index is 1.48. The minimum absolute atomic E-state index is 0.0103. The number of piperidine rings is 1. The minimum atomic E-state index is -2.72. The molecule has 1 saturated heterocycles. The lowest BCUT2D eigenvalue weighted by Crippen LogP contribution is -2.42. The van der Waals surface area contributed by atoms with Gasteiger partial charge in [-0.1, -0.05) is 0 Å². The summed E-state index contributed by atoms with van der Waals surface area (Å²) >= 11 is 0. The number of alkyl halides is 2. The maximum atomic E-state index is 13.0. The van der Waals surface area contributed by atoms with Crippen molar-refractivity contribution < 1.29 is 18.4 Å². The molecule has 1 N–H and O–H groups in total. The van der Waals surface area contributed by atoms with E-state index in [0.29, 0.717) is 12.2 Å². The Labute approximate surface area is 140 Å². The zero-order valence-corrected chi connectivity index (χ0v) is 13.8. The molecule has 132 valence electrons. The Bertz CT molecular complexity index is 617. The molecule has 1 aromatic heterocycles. The van der Waals surface area contributed by atoms with Crippen molar-refractivity contribution >= 4 is 11.8 Å². The maximum Gasteiger partial charge on any atom is 0.319 e. The van der Waals surface area contributed by atoms with Crippen LogP contribution in [-0.2, 0) is 4.79 Å². The number of aryl methyl sites for hydroxylation is 1. The third kappa shape index (κ3) is 3.60. The van der Waals surface area contributed by atoms with Crippen LogP contribution in [0.4, 0.5) is 8.78 Å². The average molecular weight is 339 g/mol. The lowest BCUT2D eigenvalue weighted by molar-refractivity contribution is -0.133. The van der Waals surface area contributed by atoms with Crippen LogP contribution < -0.4 is 5.32 Å². The van der Waals surface area contributed by atoms with Crippen LogP contribution in [0.15, 0.2) is 12.1 Å². The summed E-state index contributed by atoms with van der Waals surface area (Å²) in [4.78, 5) is 26.1. The molecule has 0 aromatic carbocycles. The highest BCUT2D eigenvalue weighted by molar-refractivity contribution is 5.93. The Morgan fingerprint density at radius 2 is 1.88 bits per heavy atom. The van der Waals surface area contributed by atoms with Crippen molar-refractivity contribution in [2.45, 2.75) is 39.2 Å². The minimum Gasteiger partial charge on any atom is -0.350 e. The van der Waals surface area contributed by atoms with E-state index in [-0.39, 0.29) is 23.4 Å². The highest BCUT2D eigenvalue weighted by Gasteiger charge is 2.34. The van der Waals surface area contributed by atoms with E-state index in [2.05, 4.69) is 5.32 Å². The zero-order chi connectivity index (χ0) is 17.3. The summed E-state index contributed by atoms with van der Waals surface area (Å²) in [6.45, 7) is 0.732. The van der Waals surface area contributed by atoms with Gasteiger partial charge in [0.25, 0.3) is 5.91 Å². The second-order valence-corrected chi connectivity index (χ2v) is 6.76. The van der Waals surface area contributed by atoms with E-state index in [9.17, 15) is 18.4 Å². The molecule has 0 unspecified atom stereocenters. The van der Waals surface area contributed by atoms with Crippen molar-refractivity contribution in [1.82, 2.24) is 14.8 Å². The molecule has 24 heavy (non-hydrogen) atoms. The fraction of sp³-hybridized carbons (Fsp3) is 0.647. The number of nitrogens with zero attached hydrogens (tertiary/aromatic N) is 2. The first-order valence-corrected chi connectivity index (χ1v) is 8.50. The quantitative estimate of drug-likeness (QED) is 0.896. The van der Waals surface area contributed by atoms with Crippen molar-refractivity contribution in [3.8, 4) is 0 Å². The monoisotopic (exact) mass is 339 g/mol. The fourth-order valence-corrected chi connectivity index (χ4v) is 3.27. The van der Waals surface area contributed by atoms with Gasteiger partial charge < -0.3 is 10.2 Å². The lowest BCUT2D eigenvalue weighted by Gasteiger charge is -2.32. The van der Waals surface area contributed by atoms with Crippen LogP contribution in [0.25, 0.3) is 0 Å². The highest BCUT2D eigenvalue weighted by atomic mass is 19.3. The van der Waals surface area contributed by atoms with E-state index in [1.165, 1.54) is 12.1 Å². The van der Waals surface area contributed by atoms with Gasteiger partial charge in [0.2, 0.25) is 5.91 Å². The Kier molecular flexibility index (Phi) is 4.87. The Morgan fingerprint density at radius 3 is 2.46 bits per heavy atom. The van der Waals surface area contributed by atoms with Crippen LogP contribution >= 0.6 is 0 Å². The molecule has 1 saturated carbocycles. The summed E-state index contributed by atoms with van der Waals surface area (Å²) in [6.07, 6.45) is 3.71. The molecule has 1 aliphatic carbocycles. The molecule has 2 heterocycles. The molecule has 0 bridgehead atoms. The molecule has 1 aromatic rings. The van der Waals surface area contributed by atoms with Crippen LogP contribution in [0.5, 0.6) is 0 Å². The molecule has 2 amide bonds.